The Hall–Kier alpha value is -0.940. The molecule has 4 atom stereocenters. The average Bonchev–Trinajstić information content (AvgIpc) is 2.36. The molecule has 1 aliphatic rings. The third-order valence-corrected chi connectivity index (χ3v) is 3.33. The lowest BCUT2D eigenvalue weighted by Crippen LogP contribution is -2.59. The van der Waals surface area contributed by atoms with Crippen molar-refractivity contribution >= 4 is 0 Å². The smallest absolute Gasteiger partial charge is 0.108 e. The summed E-state index contributed by atoms with van der Waals surface area (Å²) in [5.74, 6) is 0. The maximum absolute atomic E-state index is 9.81. The summed E-state index contributed by atoms with van der Waals surface area (Å²) >= 11 is 0. The second-order valence-corrected chi connectivity index (χ2v) is 4.59. The number of β-amino-alcohol motifs (C(OH)–C–C–N with tert-alkyl or cyclic N) is 1. The van der Waals surface area contributed by atoms with Gasteiger partial charge < -0.3 is 20.6 Å². The van der Waals surface area contributed by atoms with E-state index in [0.29, 0.717) is 6.54 Å². The molecule has 1 heterocycles. The van der Waals surface area contributed by atoms with Crippen LogP contribution in [0.3, 0.4) is 0 Å². The van der Waals surface area contributed by atoms with Crippen molar-refractivity contribution in [1.29, 1.82) is 0 Å². The van der Waals surface area contributed by atoms with Crippen LogP contribution in [0.1, 0.15) is 12.0 Å². The fourth-order valence-electron chi connectivity index (χ4n) is 2.22. The highest BCUT2D eigenvalue weighted by atomic mass is 16.4. The number of benzene rings is 1. The van der Waals surface area contributed by atoms with Crippen molar-refractivity contribution < 1.29 is 15.3 Å². The molecule has 1 aromatic rings. The maximum atomic E-state index is 9.81. The predicted octanol–water partition coefficient (Wildman–Crippen LogP) is -0.326. The third-order valence-electron chi connectivity index (χ3n) is 3.33. The highest BCUT2D eigenvalue weighted by Crippen LogP contribution is 2.15. The third kappa shape index (κ3) is 3.04. The van der Waals surface area contributed by atoms with E-state index >= 15 is 0 Å². The molecule has 0 radical (unpaired) electrons. The average molecular weight is 237 g/mol. The summed E-state index contributed by atoms with van der Waals surface area (Å²) in [6.45, 7) is 0.331. The standard InChI is InChI=1S/C13H19NO3/c15-11-8-14-10(12(16)13(11)17)7-6-9-4-2-1-3-5-9/h1-5,10-17H,6-8H2/t10-,11+,12-,13+/m0/s1. The number of nitrogens with one attached hydrogen (secondary N) is 1. The molecule has 0 unspecified atom stereocenters. The molecule has 17 heavy (non-hydrogen) atoms. The van der Waals surface area contributed by atoms with Crippen LogP contribution < -0.4 is 5.32 Å². The van der Waals surface area contributed by atoms with Gasteiger partial charge >= 0.3 is 0 Å². The molecule has 94 valence electrons. The molecule has 4 nitrogen and oxygen atoms in total. The topological polar surface area (TPSA) is 72.7 Å². The van der Waals surface area contributed by atoms with Gasteiger partial charge in [0.05, 0.1) is 12.2 Å². The van der Waals surface area contributed by atoms with Crippen LogP contribution in [0.5, 0.6) is 0 Å². The molecule has 4 heteroatoms. The van der Waals surface area contributed by atoms with E-state index in [4.69, 9.17) is 0 Å². The van der Waals surface area contributed by atoms with E-state index in [1.807, 2.05) is 30.3 Å². The number of aryl methyl sites for hydroxylation is 1. The molecule has 2 rings (SSSR count). The number of aliphatic hydroxyl groups excluding tert-OH is 3. The van der Waals surface area contributed by atoms with Crippen LogP contribution >= 0.6 is 0 Å². The molecule has 0 spiro atoms. The van der Waals surface area contributed by atoms with Crippen LogP contribution in [0, 0.1) is 0 Å². The second kappa shape index (κ2) is 5.60. The zero-order valence-electron chi connectivity index (χ0n) is 9.66. The first-order valence-electron chi connectivity index (χ1n) is 6.00. The number of piperidine rings is 1. The van der Waals surface area contributed by atoms with Crippen LogP contribution in [0.25, 0.3) is 0 Å². The van der Waals surface area contributed by atoms with Crippen LogP contribution in [0.2, 0.25) is 0 Å². The fraction of sp³-hybridized carbons (Fsp3) is 0.538. The Kier molecular flexibility index (Phi) is 4.12. The van der Waals surface area contributed by atoms with Gasteiger partial charge in [0.2, 0.25) is 0 Å². The lowest BCUT2D eigenvalue weighted by atomic mass is 9.92. The van der Waals surface area contributed by atoms with E-state index in [0.717, 1.165) is 12.8 Å². The number of aliphatic hydroxyl groups is 3. The molecule has 0 aliphatic carbocycles. The molecule has 0 amide bonds. The minimum absolute atomic E-state index is 0.159. The van der Waals surface area contributed by atoms with Crippen molar-refractivity contribution in [2.75, 3.05) is 6.54 Å². The maximum Gasteiger partial charge on any atom is 0.108 e. The monoisotopic (exact) mass is 237 g/mol. The van der Waals surface area contributed by atoms with Crippen molar-refractivity contribution in [2.24, 2.45) is 0 Å². The highest BCUT2D eigenvalue weighted by molar-refractivity contribution is 5.15. The summed E-state index contributed by atoms with van der Waals surface area (Å²) in [4.78, 5) is 0. The lowest BCUT2D eigenvalue weighted by molar-refractivity contribution is -0.0949. The van der Waals surface area contributed by atoms with Crippen molar-refractivity contribution in [2.45, 2.75) is 37.2 Å². The molecular formula is C13H19NO3. The van der Waals surface area contributed by atoms with Gasteiger partial charge in [-0.05, 0) is 18.4 Å². The second-order valence-electron chi connectivity index (χ2n) is 4.59. The molecule has 4 N–H and O–H groups in total. The SMILES string of the molecule is O[C@@H]1[C@H](O)[C@H](O)CN[C@H]1CCc1ccccc1. The Morgan fingerprint density at radius 2 is 1.76 bits per heavy atom. The zero-order valence-corrected chi connectivity index (χ0v) is 9.66. The van der Waals surface area contributed by atoms with Gasteiger partial charge in [0.25, 0.3) is 0 Å². The summed E-state index contributed by atoms with van der Waals surface area (Å²) < 4.78 is 0. The van der Waals surface area contributed by atoms with Gasteiger partial charge in [-0.1, -0.05) is 30.3 Å². The summed E-state index contributed by atoms with van der Waals surface area (Å²) in [5, 5.41) is 31.8. The fourth-order valence-corrected chi connectivity index (χ4v) is 2.22. The Morgan fingerprint density at radius 3 is 2.47 bits per heavy atom. The summed E-state index contributed by atoms with van der Waals surface area (Å²) in [5.41, 5.74) is 1.21. The highest BCUT2D eigenvalue weighted by Gasteiger charge is 2.35. The molecule has 0 aromatic heterocycles. The van der Waals surface area contributed by atoms with Crippen molar-refractivity contribution in [3.05, 3.63) is 35.9 Å². The van der Waals surface area contributed by atoms with E-state index in [-0.39, 0.29) is 6.04 Å². The quantitative estimate of drug-likeness (QED) is 0.581. The summed E-state index contributed by atoms with van der Waals surface area (Å²) in [6, 6.07) is 9.86. The Morgan fingerprint density at radius 1 is 1.06 bits per heavy atom. The van der Waals surface area contributed by atoms with Crippen molar-refractivity contribution in [1.82, 2.24) is 5.32 Å². The molecule has 0 bridgehead atoms. The zero-order chi connectivity index (χ0) is 12.3. The van der Waals surface area contributed by atoms with Crippen LogP contribution in [0.15, 0.2) is 30.3 Å². The van der Waals surface area contributed by atoms with Crippen molar-refractivity contribution in [3.8, 4) is 0 Å². The number of rotatable bonds is 3. The van der Waals surface area contributed by atoms with Crippen LogP contribution in [0.4, 0.5) is 0 Å². The van der Waals surface area contributed by atoms with Gasteiger partial charge in [0.15, 0.2) is 0 Å². The van der Waals surface area contributed by atoms with Gasteiger partial charge in [0, 0.05) is 12.6 Å². The minimum Gasteiger partial charge on any atom is -0.389 e. The normalized spacial score (nSPS) is 33.6. The van der Waals surface area contributed by atoms with Gasteiger partial charge in [-0.25, -0.2) is 0 Å². The van der Waals surface area contributed by atoms with Gasteiger partial charge in [-0.2, -0.15) is 0 Å². The van der Waals surface area contributed by atoms with Gasteiger partial charge in [0.1, 0.15) is 6.10 Å². The molecule has 0 saturated carbocycles. The predicted molar refractivity (Wildman–Crippen MR) is 64.6 cm³/mol. The van der Waals surface area contributed by atoms with Gasteiger partial charge in [-0.3, -0.25) is 0 Å². The van der Waals surface area contributed by atoms with E-state index in [1.165, 1.54) is 5.56 Å². The number of hydrogen-bond donors (Lipinski definition) is 4. The minimum atomic E-state index is -1.04. The molecular weight excluding hydrogens is 218 g/mol. The lowest BCUT2D eigenvalue weighted by Gasteiger charge is -2.36. The molecule has 1 saturated heterocycles. The Balaban J connectivity index is 1.87. The first kappa shape index (κ1) is 12.5. The van der Waals surface area contributed by atoms with E-state index < -0.39 is 18.3 Å². The van der Waals surface area contributed by atoms with Crippen molar-refractivity contribution in [3.63, 3.8) is 0 Å². The van der Waals surface area contributed by atoms with E-state index in [1.54, 1.807) is 0 Å². The van der Waals surface area contributed by atoms with E-state index in [2.05, 4.69) is 5.32 Å². The van der Waals surface area contributed by atoms with Crippen LogP contribution in [-0.4, -0.2) is 46.2 Å². The largest absolute Gasteiger partial charge is 0.389 e. The first-order valence-corrected chi connectivity index (χ1v) is 6.00. The number of hydrogen-bond acceptors (Lipinski definition) is 4. The van der Waals surface area contributed by atoms with Gasteiger partial charge in [-0.15, -0.1) is 0 Å². The molecule has 1 aliphatic heterocycles. The first-order chi connectivity index (χ1) is 8.18. The Labute approximate surface area is 101 Å². The van der Waals surface area contributed by atoms with E-state index in [9.17, 15) is 15.3 Å². The summed E-state index contributed by atoms with van der Waals surface area (Å²) in [6.07, 6.45) is -1.23. The molecule has 1 aromatic carbocycles. The molecule has 1 fully saturated rings. The summed E-state index contributed by atoms with van der Waals surface area (Å²) in [7, 11) is 0. The van der Waals surface area contributed by atoms with Crippen LogP contribution in [-0.2, 0) is 6.42 Å². The Bertz CT molecular complexity index is 344.